The SMILES string of the molecule is Cc1c(-c2cc3cc(N4CC(=O)NC(C)C4=O)ccc3o2)oc(=O)c(C)c1O. The van der Waals surface area contributed by atoms with Crippen LogP contribution in [0, 0.1) is 13.8 Å². The lowest BCUT2D eigenvalue weighted by Crippen LogP contribution is -2.57. The minimum atomic E-state index is -0.641. The summed E-state index contributed by atoms with van der Waals surface area (Å²) in [5.41, 5.74) is 0.973. The minimum absolute atomic E-state index is 0.0563. The van der Waals surface area contributed by atoms with Crippen LogP contribution in [0.4, 0.5) is 5.69 Å². The molecule has 0 saturated carbocycles. The first-order chi connectivity index (χ1) is 13.3. The van der Waals surface area contributed by atoms with Crippen molar-refractivity contribution in [2.45, 2.75) is 26.8 Å². The largest absolute Gasteiger partial charge is 0.507 e. The van der Waals surface area contributed by atoms with Gasteiger partial charge < -0.3 is 24.2 Å². The summed E-state index contributed by atoms with van der Waals surface area (Å²) >= 11 is 0. The van der Waals surface area contributed by atoms with E-state index in [1.54, 1.807) is 38.1 Å². The Morgan fingerprint density at radius 1 is 1.11 bits per heavy atom. The van der Waals surface area contributed by atoms with Crippen molar-refractivity contribution in [2.75, 3.05) is 11.4 Å². The molecule has 1 saturated heterocycles. The second kappa shape index (κ2) is 6.26. The molecule has 3 heterocycles. The average molecular weight is 382 g/mol. The van der Waals surface area contributed by atoms with E-state index in [2.05, 4.69) is 5.32 Å². The van der Waals surface area contributed by atoms with Crippen LogP contribution in [-0.2, 0) is 9.59 Å². The summed E-state index contributed by atoms with van der Waals surface area (Å²) in [7, 11) is 0. The molecule has 144 valence electrons. The van der Waals surface area contributed by atoms with Crippen molar-refractivity contribution >= 4 is 28.5 Å². The highest BCUT2D eigenvalue weighted by Gasteiger charge is 2.30. The Balaban J connectivity index is 1.79. The molecule has 2 N–H and O–H groups in total. The predicted molar refractivity (Wildman–Crippen MR) is 101 cm³/mol. The van der Waals surface area contributed by atoms with Gasteiger partial charge in [0.1, 0.15) is 23.9 Å². The summed E-state index contributed by atoms with van der Waals surface area (Å²) in [4.78, 5) is 37.5. The molecular weight excluding hydrogens is 364 g/mol. The van der Waals surface area contributed by atoms with Crippen LogP contribution in [0.2, 0.25) is 0 Å². The van der Waals surface area contributed by atoms with Crippen LogP contribution in [0.15, 0.2) is 37.9 Å². The summed E-state index contributed by atoms with van der Waals surface area (Å²) in [6.45, 7) is 4.69. The van der Waals surface area contributed by atoms with Crippen LogP contribution < -0.4 is 15.8 Å². The van der Waals surface area contributed by atoms with Gasteiger partial charge in [0.25, 0.3) is 0 Å². The molecule has 1 fully saturated rings. The highest BCUT2D eigenvalue weighted by molar-refractivity contribution is 6.07. The molecular formula is C20H18N2O6. The number of carbonyl (C=O) groups excluding carboxylic acids is 2. The highest BCUT2D eigenvalue weighted by Crippen LogP contribution is 2.35. The van der Waals surface area contributed by atoms with Crippen molar-refractivity contribution in [1.29, 1.82) is 0 Å². The van der Waals surface area contributed by atoms with Crippen LogP contribution in [0.25, 0.3) is 22.5 Å². The van der Waals surface area contributed by atoms with Gasteiger partial charge in [0, 0.05) is 16.6 Å². The number of carbonyl (C=O) groups is 2. The first kappa shape index (κ1) is 17.8. The Labute approximate surface area is 159 Å². The number of benzene rings is 1. The molecule has 0 aliphatic carbocycles. The van der Waals surface area contributed by atoms with E-state index in [0.717, 1.165) is 0 Å². The Bertz CT molecular complexity index is 1190. The molecule has 28 heavy (non-hydrogen) atoms. The van der Waals surface area contributed by atoms with Gasteiger partial charge in [0.05, 0.1) is 5.56 Å². The Morgan fingerprint density at radius 2 is 1.86 bits per heavy atom. The number of amides is 2. The van der Waals surface area contributed by atoms with Crippen LogP contribution in [-0.4, -0.2) is 29.5 Å². The molecule has 0 bridgehead atoms. The average Bonchev–Trinajstić information content (AvgIpc) is 3.08. The molecule has 4 rings (SSSR count). The normalized spacial score (nSPS) is 17.2. The lowest BCUT2D eigenvalue weighted by molar-refractivity contribution is -0.130. The number of fused-ring (bicyclic) bond motifs is 1. The van der Waals surface area contributed by atoms with Gasteiger partial charge >= 0.3 is 5.63 Å². The quantitative estimate of drug-likeness (QED) is 0.703. The number of hydrogen-bond donors (Lipinski definition) is 2. The van der Waals surface area contributed by atoms with Crippen LogP contribution in [0.1, 0.15) is 18.1 Å². The van der Waals surface area contributed by atoms with E-state index in [0.29, 0.717) is 22.2 Å². The molecule has 1 aliphatic heterocycles. The fourth-order valence-corrected chi connectivity index (χ4v) is 3.30. The molecule has 2 amide bonds. The van der Waals surface area contributed by atoms with E-state index in [1.807, 2.05) is 0 Å². The maximum absolute atomic E-state index is 12.4. The van der Waals surface area contributed by atoms with Crippen LogP contribution in [0.3, 0.4) is 0 Å². The monoisotopic (exact) mass is 382 g/mol. The number of piperazine rings is 1. The Hall–Kier alpha value is -3.55. The fourth-order valence-electron chi connectivity index (χ4n) is 3.30. The summed E-state index contributed by atoms with van der Waals surface area (Å²) in [5.74, 6) is -0.132. The summed E-state index contributed by atoms with van der Waals surface area (Å²) in [6.07, 6.45) is 0. The summed E-state index contributed by atoms with van der Waals surface area (Å²) in [5, 5.41) is 13.4. The standard InChI is InChI=1S/C20H18N2O6/c1-9-17(24)10(2)20(26)28-18(9)15-7-12-6-13(4-5-14(12)27-15)22-8-16(23)21-11(3)19(22)25/h4-7,11,24H,8H2,1-3H3,(H,21,23). The Morgan fingerprint density at radius 3 is 2.61 bits per heavy atom. The van der Waals surface area contributed by atoms with E-state index in [-0.39, 0.29) is 41.2 Å². The first-order valence-electron chi connectivity index (χ1n) is 8.74. The molecule has 1 aliphatic rings. The second-order valence-corrected chi connectivity index (χ2v) is 6.86. The van der Waals surface area contributed by atoms with Crippen LogP contribution >= 0.6 is 0 Å². The predicted octanol–water partition coefficient (Wildman–Crippen LogP) is 2.23. The van der Waals surface area contributed by atoms with Crippen molar-refractivity contribution in [3.63, 3.8) is 0 Å². The topological polar surface area (TPSA) is 113 Å². The van der Waals surface area contributed by atoms with Crippen molar-refractivity contribution in [2.24, 2.45) is 0 Å². The maximum atomic E-state index is 12.4. The molecule has 1 atom stereocenters. The zero-order valence-corrected chi connectivity index (χ0v) is 15.5. The van der Waals surface area contributed by atoms with Gasteiger partial charge in [-0.05, 0) is 45.0 Å². The molecule has 8 heteroatoms. The lowest BCUT2D eigenvalue weighted by Gasteiger charge is -2.30. The number of nitrogens with zero attached hydrogens (tertiary/aromatic N) is 1. The number of furan rings is 1. The zero-order chi connectivity index (χ0) is 20.2. The van der Waals surface area contributed by atoms with E-state index in [4.69, 9.17) is 8.83 Å². The molecule has 0 radical (unpaired) electrons. The molecule has 1 aromatic carbocycles. The third-order valence-electron chi connectivity index (χ3n) is 4.90. The van der Waals surface area contributed by atoms with Gasteiger partial charge in [-0.3, -0.25) is 9.59 Å². The minimum Gasteiger partial charge on any atom is -0.507 e. The number of hydrogen-bond acceptors (Lipinski definition) is 6. The fraction of sp³-hybridized carbons (Fsp3) is 0.250. The zero-order valence-electron chi connectivity index (χ0n) is 15.5. The first-order valence-corrected chi connectivity index (χ1v) is 8.74. The third-order valence-corrected chi connectivity index (χ3v) is 4.90. The summed E-state index contributed by atoms with van der Waals surface area (Å²) < 4.78 is 11.1. The van der Waals surface area contributed by atoms with Gasteiger partial charge in [-0.15, -0.1) is 0 Å². The van der Waals surface area contributed by atoms with Gasteiger partial charge in [-0.2, -0.15) is 0 Å². The van der Waals surface area contributed by atoms with Gasteiger partial charge in [-0.25, -0.2) is 4.79 Å². The van der Waals surface area contributed by atoms with E-state index in [1.165, 1.54) is 11.8 Å². The molecule has 1 unspecified atom stereocenters. The van der Waals surface area contributed by atoms with Gasteiger partial charge in [-0.1, -0.05) is 0 Å². The number of rotatable bonds is 2. The lowest BCUT2D eigenvalue weighted by atomic mass is 10.1. The van der Waals surface area contributed by atoms with Crippen molar-refractivity contribution in [3.05, 3.63) is 45.8 Å². The van der Waals surface area contributed by atoms with Gasteiger partial charge in [0.15, 0.2) is 11.5 Å². The highest BCUT2D eigenvalue weighted by atomic mass is 16.4. The number of anilines is 1. The van der Waals surface area contributed by atoms with E-state index < -0.39 is 11.7 Å². The van der Waals surface area contributed by atoms with Crippen molar-refractivity contribution in [3.8, 4) is 17.3 Å². The van der Waals surface area contributed by atoms with E-state index >= 15 is 0 Å². The second-order valence-electron chi connectivity index (χ2n) is 6.86. The summed E-state index contributed by atoms with van der Waals surface area (Å²) in [6, 6.07) is 6.17. The molecule has 0 spiro atoms. The molecule has 3 aromatic rings. The Kier molecular flexibility index (Phi) is 3.99. The third kappa shape index (κ3) is 2.74. The van der Waals surface area contributed by atoms with Crippen molar-refractivity contribution < 1.29 is 23.5 Å². The van der Waals surface area contributed by atoms with Crippen molar-refractivity contribution in [1.82, 2.24) is 5.32 Å². The van der Waals surface area contributed by atoms with E-state index in [9.17, 15) is 19.5 Å². The smallest absolute Gasteiger partial charge is 0.343 e. The molecule has 8 nitrogen and oxygen atoms in total. The van der Waals surface area contributed by atoms with Gasteiger partial charge in [0.2, 0.25) is 11.8 Å². The number of aromatic hydroxyl groups is 1. The molecule has 2 aromatic heterocycles. The number of nitrogens with one attached hydrogen (secondary N) is 1. The maximum Gasteiger partial charge on any atom is 0.343 e. The van der Waals surface area contributed by atoms with Crippen LogP contribution in [0.5, 0.6) is 5.75 Å².